The van der Waals surface area contributed by atoms with Gasteiger partial charge in [0.15, 0.2) is 4.34 Å². The number of aryl methyl sites for hydroxylation is 1. The highest BCUT2D eigenvalue weighted by Crippen LogP contribution is 2.20. The summed E-state index contributed by atoms with van der Waals surface area (Å²) in [5.41, 5.74) is 0.829. The summed E-state index contributed by atoms with van der Waals surface area (Å²) in [6.45, 7) is 1.82. The lowest BCUT2D eigenvalue weighted by atomic mass is 10.1. The molecule has 94 valence electrons. The molecule has 0 saturated carbocycles. The number of Topliss-reactive ketones (excluding diaryl/α,β-unsaturated/α-hetero) is 1. The van der Waals surface area contributed by atoms with Crippen molar-refractivity contribution in [2.45, 2.75) is 17.7 Å². The highest BCUT2D eigenvalue weighted by Gasteiger charge is 2.07. The maximum atomic E-state index is 12.7. The zero-order valence-corrected chi connectivity index (χ0v) is 11.4. The second kappa shape index (κ2) is 6.06. The Hall–Kier alpha value is -1.27. The highest BCUT2D eigenvalue weighted by molar-refractivity contribution is 8.01. The van der Waals surface area contributed by atoms with Crippen molar-refractivity contribution in [3.05, 3.63) is 41.5 Å². The molecule has 3 nitrogen and oxygen atoms in total. The molecule has 0 N–H and O–H groups in total. The minimum absolute atomic E-state index is 0.0967. The lowest BCUT2D eigenvalue weighted by Gasteiger charge is -1.99. The normalized spacial score (nSPS) is 10.6. The van der Waals surface area contributed by atoms with Crippen LogP contribution in [0.4, 0.5) is 4.39 Å². The molecule has 0 fully saturated rings. The average Bonchev–Trinajstić information content (AvgIpc) is 2.76. The summed E-state index contributed by atoms with van der Waals surface area (Å²) in [7, 11) is 0. The molecule has 18 heavy (non-hydrogen) atoms. The molecule has 0 amide bonds. The van der Waals surface area contributed by atoms with E-state index >= 15 is 0 Å². The van der Waals surface area contributed by atoms with Crippen LogP contribution in [0.5, 0.6) is 0 Å². The van der Waals surface area contributed by atoms with E-state index in [0.717, 1.165) is 15.7 Å². The molecule has 0 spiro atoms. The average molecular weight is 282 g/mol. The molecule has 2 aromatic rings. The van der Waals surface area contributed by atoms with Gasteiger partial charge >= 0.3 is 0 Å². The molecular weight excluding hydrogens is 271 g/mol. The Kier molecular flexibility index (Phi) is 4.43. The predicted octanol–water partition coefficient (Wildman–Crippen LogP) is 2.89. The van der Waals surface area contributed by atoms with E-state index in [4.69, 9.17) is 0 Å². The first-order valence-corrected chi connectivity index (χ1v) is 7.08. The molecule has 1 aromatic carbocycles. The maximum absolute atomic E-state index is 12.7. The van der Waals surface area contributed by atoms with Crippen LogP contribution in [-0.4, -0.2) is 20.9 Å². The molecule has 1 aromatic heterocycles. The summed E-state index contributed by atoms with van der Waals surface area (Å²) in [5.74, 6) is 0.907. The fourth-order valence-corrected chi connectivity index (χ4v) is 2.87. The van der Waals surface area contributed by atoms with Crippen LogP contribution >= 0.6 is 23.3 Å². The number of hydrogen-bond acceptors (Lipinski definition) is 5. The SMILES string of the molecule is Cc1nsc(SCC(=O)Cc2ccc(F)cc2)n1. The standard InChI is InChI=1S/C12H11FN2OS2/c1-8-14-12(18-15-8)17-7-11(16)6-9-2-4-10(13)5-3-9/h2-5H,6-7H2,1H3. The van der Waals surface area contributed by atoms with Crippen molar-refractivity contribution in [1.82, 2.24) is 9.36 Å². The second-order valence-corrected chi connectivity index (χ2v) is 5.71. The summed E-state index contributed by atoms with van der Waals surface area (Å²) in [6.07, 6.45) is 0.324. The van der Waals surface area contributed by atoms with E-state index in [2.05, 4.69) is 9.36 Å². The topological polar surface area (TPSA) is 42.9 Å². The first-order chi connectivity index (χ1) is 8.63. The Morgan fingerprint density at radius 3 is 2.72 bits per heavy atom. The Morgan fingerprint density at radius 1 is 1.39 bits per heavy atom. The van der Waals surface area contributed by atoms with Crippen LogP contribution in [-0.2, 0) is 11.2 Å². The number of halogens is 1. The van der Waals surface area contributed by atoms with E-state index in [0.29, 0.717) is 12.2 Å². The minimum atomic E-state index is -0.287. The zero-order chi connectivity index (χ0) is 13.0. The van der Waals surface area contributed by atoms with Crippen molar-refractivity contribution in [3.63, 3.8) is 0 Å². The van der Waals surface area contributed by atoms with Gasteiger partial charge in [0.05, 0.1) is 5.75 Å². The fourth-order valence-electron chi connectivity index (χ4n) is 1.36. The van der Waals surface area contributed by atoms with Crippen LogP contribution in [0.2, 0.25) is 0 Å². The summed E-state index contributed by atoms with van der Waals surface area (Å²) < 4.78 is 17.5. The number of nitrogens with zero attached hydrogens (tertiary/aromatic N) is 2. The smallest absolute Gasteiger partial charge is 0.170 e. The first-order valence-electron chi connectivity index (χ1n) is 5.33. The van der Waals surface area contributed by atoms with Crippen molar-refractivity contribution in [3.8, 4) is 0 Å². The fraction of sp³-hybridized carbons (Fsp3) is 0.250. The van der Waals surface area contributed by atoms with E-state index in [-0.39, 0.29) is 11.6 Å². The van der Waals surface area contributed by atoms with E-state index in [1.165, 1.54) is 35.4 Å². The third-order valence-electron chi connectivity index (χ3n) is 2.18. The molecule has 0 radical (unpaired) electrons. The molecule has 0 aliphatic heterocycles. The Labute approximate surface area is 113 Å². The van der Waals surface area contributed by atoms with Crippen molar-refractivity contribution in [2.24, 2.45) is 0 Å². The summed E-state index contributed by atoms with van der Waals surface area (Å²) >= 11 is 2.69. The molecule has 0 unspecified atom stereocenters. The number of ketones is 1. The Bertz CT molecular complexity index is 539. The number of benzene rings is 1. The molecule has 2 rings (SSSR count). The van der Waals surface area contributed by atoms with Gasteiger partial charge in [-0.2, -0.15) is 4.37 Å². The lowest BCUT2D eigenvalue weighted by Crippen LogP contribution is -2.05. The van der Waals surface area contributed by atoms with E-state index in [1.54, 1.807) is 12.1 Å². The van der Waals surface area contributed by atoms with Crippen molar-refractivity contribution < 1.29 is 9.18 Å². The van der Waals surface area contributed by atoms with E-state index < -0.39 is 0 Å². The first kappa shape index (κ1) is 13.2. The summed E-state index contributed by atoms with van der Waals surface area (Å²) in [6, 6.07) is 5.99. The monoisotopic (exact) mass is 282 g/mol. The largest absolute Gasteiger partial charge is 0.298 e. The Morgan fingerprint density at radius 2 is 2.11 bits per heavy atom. The zero-order valence-electron chi connectivity index (χ0n) is 9.72. The van der Waals surface area contributed by atoms with Crippen LogP contribution in [0.3, 0.4) is 0 Å². The summed E-state index contributed by atoms with van der Waals surface area (Å²) in [4.78, 5) is 15.9. The van der Waals surface area contributed by atoms with Gasteiger partial charge in [-0.3, -0.25) is 4.79 Å². The number of hydrogen-bond donors (Lipinski definition) is 0. The molecule has 0 aliphatic rings. The van der Waals surface area contributed by atoms with Gasteiger partial charge in [-0.25, -0.2) is 9.37 Å². The van der Waals surface area contributed by atoms with Crippen molar-refractivity contribution in [1.29, 1.82) is 0 Å². The number of aromatic nitrogens is 2. The van der Waals surface area contributed by atoms with Crippen LogP contribution in [0.15, 0.2) is 28.6 Å². The van der Waals surface area contributed by atoms with Crippen molar-refractivity contribution >= 4 is 29.1 Å². The number of carbonyl (C=O) groups excluding carboxylic acids is 1. The van der Waals surface area contributed by atoms with Gasteiger partial charge in [0, 0.05) is 6.42 Å². The Balaban J connectivity index is 1.83. The summed E-state index contributed by atoms with van der Waals surface area (Å²) in [5, 5.41) is 0. The third-order valence-corrected chi connectivity index (χ3v) is 4.16. The van der Waals surface area contributed by atoms with Gasteiger partial charge < -0.3 is 0 Å². The van der Waals surface area contributed by atoms with E-state index in [1.807, 2.05) is 6.92 Å². The molecular formula is C12H11FN2OS2. The predicted molar refractivity (Wildman–Crippen MR) is 70.5 cm³/mol. The van der Waals surface area contributed by atoms with Gasteiger partial charge in [0.2, 0.25) is 0 Å². The van der Waals surface area contributed by atoms with Crippen LogP contribution in [0.1, 0.15) is 11.4 Å². The number of thioether (sulfide) groups is 1. The quantitative estimate of drug-likeness (QED) is 0.791. The maximum Gasteiger partial charge on any atom is 0.170 e. The van der Waals surface area contributed by atoms with Crippen LogP contribution in [0, 0.1) is 12.7 Å². The molecule has 1 heterocycles. The van der Waals surface area contributed by atoms with E-state index in [9.17, 15) is 9.18 Å². The molecule has 0 atom stereocenters. The minimum Gasteiger partial charge on any atom is -0.298 e. The molecule has 0 aliphatic carbocycles. The second-order valence-electron chi connectivity index (χ2n) is 3.74. The molecule has 0 bridgehead atoms. The third kappa shape index (κ3) is 3.89. The van der Waals surface area contributed by atoms with Crippen LogP contribution < -0.4 is 0 Å². The molecule has 0 saturated heterocycles. The van der Waals surface area contributed by atoms with Crippen LogP contribution in [0.25, 0.3) is 0 Å². The van der Waals surface area contributed by atoms with Gasteiger partial charge in [-0.05, 0) is 36.2 Å². The van der Waals surface area contributed by atoms with Gasteiger partial charge in [-0.15, -0.1) is 0 Å². The lowest BCUT2D eigenvalue weighted by molar-refractivity contribution is -0.116. The van der Waals surface area contributed by atoms with Gasteiger partial charge in [-0.1, -0.05) is 23.9 Å². The number of rotatable bonds is 5. The number of carbonyl (C=O) groups is 1. The highest BCUT2D eigenvalue weighted by atomic mass is 32.2. The van der Waals surface area contributed by atoms with Gasteiger partial charge in [0.25, 0.3) is 0 Å². The molecule has 6 heteroatoms. The van der Waals surface area contributed by atoms with Gasteiger partial charge in [0.1, 0.15) is 17.4 Å². The van der Waals surface area contributed by atoms with Crippen molar-refractivity contribution in [2.75, 3.05) is 5.75 Å².